The molecular formula is C25H23N3O. The van der Waals surface area contributed by atoms with Crippen LogP contribution in [0, 0.1) is 11.3 Å². The standard InChI is InChI=1S/C25H23N3O/c1-28(19-22-10-6-3-7-11-22)24-14-12-20(13-15-24)16-23(17-26)25(29)27-18-21-8-4-2-5-9-21/h2-16H,18-19H2,1H3,(H,27,29). The molecule has 29 heavy (non-hydrogen) atoms. The maximum Gasteiger partial charge on any atom is 0.262 e. The van der Waals surface area contributed by atoms with Crippen LogP contribution in [0.1, 0.15) is 16.7 Å². The molecule has 4 nitrogen and oxygen atoms in total. The fourth-order valence-corrected chi connectivity index (χ4v) is 2.96. The Bertz CT molecular complexity index is 1000. The Balaban J connectivity index is 1.63. The molecule has 3 aromatic rings. The molecule has 1 amide bonds. The van der Waals surface area contributed by atoms with Gasteiger partial charge in [-0.1, -0.05) is 72.8 Å². The van der Waals surface area contributed by atoms with Gasteiger partial charge >= 0.3 is 0 Å². The van der Waals surface area contributed by atoms with Crippen molar-refractivity contribution in [3.05, 3.63) is 107 Å². The Hall–Kier alpha value is -3.84. The molecule has 0 atom stereocenters. The number of nitriles is 1. The summed E-state index contributed by atoms with van der Waals surface area (Å²) in [7, 11) is 2.04. The molecule has 0 bridgehead atoms. The minimum Gasteiger partial charge on any atom is -0.370 e. The van der Waals surface area contributed by atoms with E-state index in [-0.39, 0.29) is 11.5 Å². The number of rotatable bonds is 7. The van der Waals surface area contributed by atoms with Gasteiger partial charge in [0.2, 0.25) is 0 Å². The molecule has 4 heteroatoms. The molecule has 0 aliphatic heterocycles. The van der Waals surface area contributed by atoms with Crippen LogP contribution in [0.3, 0.4) is 0 Å². The predicted molar refractivity (Wildman–Crippen MR) is 117 cm³/mol. The van der Waals surface area contributed by atoms with Crippen LogP contribution in [-0.4, -0.2) is 13.0 Å². The van der Waals surface area contributed by atoms with E-state index in [0.717, 1.165) is 23.4 Å². The molecule has 0 fully saturated rings. The second-order valence-electron chi connectivity index (χ2n) is 6.77. The highest BCUT2D eigenvalue weighted by Crippen LogP contribution is 2.18. The number of benzene rings is 3. The number of hydrogen-bond acceptors (Lipinski definition) is 3. The van der Waals surface area contributed by atoms with E-state index in [9.17, 15) is 10.1 Å². The number of nitrogens with one attached hydrogen (secondary N) is 1. The van der Waals surface area contributed by atoms with E-state index in [2.05, 4.69) is 22.3 Å². The van der Waals surface area contributed by atoms with E-state index < -0.39 is 0 Å². The molecule has 1 N–H and O–H groups in total. The smallest absolute Gasteiger partial charge is 0.262 e. The highest BCUT2D eigenvalue weighted by Gasteiger charge is 2.09. The highest BCUT2D eigenvalue weighted by atomic mass is 16.1. The van der Waals surface area contributed by atoms with Gasteiger partial charge in [0.05, 0.1) is 0 Å². The van der Waals surface area contributed by atoms with Crippen LogP contribution in [0.25, 0.3) is 6.08 Å². The topological polar surface area (TPSA) is 56.1 Å². The van der Waals surface area contributed by atoms with Crippen molar-refractivity contribution in [2.75, 3.05) is 11.9 Å². The second kappa shape index (κ2) is 9.91. The van der Waals surface area contributed by atoms with E-state index in [1.165, 1.54) is 5.56 Å². The molecule has 0 radical (unpaired) electrons. The number of amides is 1. The average molecular weight is 381 g/mol. The molecule has 0 spiro atoms. The third-order valence-electron chi connectivity index (χ3n) is 4.57. The average Bonchev–Trinajstić information content (AvgIpc) is 2.77. The van der Waals surface area contributed by atoms with E-state index in [1.807, 2.05) is 85.9 Å². The van der Waals surface area contributed by atoms with Crippen LogP contribution in [-0.2, 0) is 17.9 Å². The van der Waals surface area contributed by atoms with Gasteiger partial charge in [-0.05, 0) is 34.9 Å². The van der Waals surface area contributed by atoms with Gasteiger partial charge in [0.15, 0.2) is 0 Å². The van der Waals surface area contributed by atoms with Crippen LogP contribution in [0.2, 0.25) is 0 Å². The van der Waals surface area contributed by atoms with Crippen molar-refractivity contribution in [3.63, 3.8) is 0 Å². The van der Waals surface area contributed by atoms with Crippen LogP contribution in [0.15, 0.2) is 90.5 Å². The molecule has 144 valence electrons. The summed E-state index contributed by atoms with van der Waals surface area (Å²) in [6.07, 6.45) is 1.61. The Morgan fingerprint density at radius 1 is 0.931 bits per heavy atom. The maximum absolute atomic E-state index is 12.3. The van der Waals surface area contributed by atoms with Gasteiger partial charge in [-0.25, -0.2) is 0 Å². The predicted octanol–water partition coefficient (Wildman–Crippen LogP) is 4.55. The molecule has 0 aliphatic carbocycles. The van der Waals surface area contributed by atoms with E-state index >= 15 is 0 Å². The molecule has 0 aromatic heterocycles. The zero-order valence-electron chi connectivity index (χ0n) is 16.4. The first-order valence-electron chi connectivity index (χ1n) is 9.45. The normalized spacial score (nSPS) is 10.8. The first kappa shape index (κ1) is 19.9. The number of nitrogens with zero attached hydrogens (tertiary/aromatic N) is 2. The largest absolute Gasteiger partial charge is 0.370 e. The summed E-state index contributed by atoms with van der Waals surface area (Å²) in [6, 6.07) is 29.7. The van der Waals surface area contributed by atoms with Gasteiger partial charge in [-0.2, -0.15) is 5.26 Å². The molecule has 0 saturated heterocycles. The fourth-order valence-electron chi connectivity index (χ4n) is 2.96. The molecule has 3 aromatic carbocycles. The van der Waals surface area contributed by atoms with Crippen LogP contribution in [0.4, 0.5) is 5.69 Å². The Labute approximate surface area is 171 Å². The zero-order valence-corrected chi connectivity index (χ0v) is 16.4. The Morgan fingerprint density at radius 3 is 2.10 bits per heavy atom. The molecule has 0 heterocycles. The van der Waals surface area contributed by atoms with Crippen molar-refractivity contribution in [2.24, 2.45) is 0 Å². The summed E-state index contributed by atoms with van der Waals surface area (Å²) in [5.41, 5.74) is 4.20. The van der Waals surface area contributed by atoms with Gasteiger partial charge in [-0.15, -0.1) is 0 Å². The summed E-state index contributed by atoms with van der Waals surface area (Å²) >= 11 is 0. The Morgan fingerprint density at radius 2 is 1.52 bits per heavy atom. The quantitative estimate of drug-likeness (QED) is 0.483. The summed E-state index contributed by atoms with van der Waals surface area (Å²) in [4.78, 5) is 14.5. The van der Waals surface area contributed by atoms with Gasteiger partial charge < -0.3 is 10.2 Å². The van der Waals surface area contributed by atoms with Crippen molar-refractivity contribution in [1.82, 2.24) is 5.32 Å². The number of carbonyl (C=O) groups excluding carboxylic acids is 1. The lowest BCUT2D eigenvalue weighted by Crippen LogP contribution is -2.23. The number of carbonyl (C=O) groups is 1. The third-order valence-corrected chi connectivity index (χ3v) is 4.57. The van der Waals surface area contributed by atoms with Gasteiger partial charge in [0.1, 0.15) is 11.6 Å². The van der Waals surface area contributed by atoms with Crippen molar-refractivity contribution < 1.29 is 4.79 Å². The minimum atomic E-state index is -0.373. The van der Waals surface area contributed by atoms with E-state index in [1.54, 1.807) is 6.08 Å². The van der Waals surface area contributed by atoms with Crippen molar-refractivity contribution >= 4 is 17.7 Å². The van der Waals surface area contributed by atoms with Crippen LogP contribution < -0.4 is 10.2 Å². The number of anilines is 1. The second-order valence-corrected chi connectivity index (χ2v) is 6.77. The summed E-state index contributed by atoms with van der Waals surface area (Å²) < 4.78 is 0. The minimum absolute atomic E-state index is 0.0892. The Kier molecular flexibility index (Phi) is 6.80. The van der Waals surface area contributed by atoms with Crippen molar-refractivity contribution in [3.8, 4) is 6.07 Å². The first-order chi connectivity index (χ1) is 14.2. The van der Waals surface area contributed by atoms with E-state index in [4.69, 9.17) is 0 Å². The lowest BCUT2D eigenvalue weighted by atomic mass is 10.1. The lowest BCUT2D eigenvalue weighted by molar-refractivity contribution is -0.117. The summed E-state index contributed by atoms with van der Waals surface area (Å²) in [6.45, 7) is 1.20. The van der Waals surface area contributed by atoms with Crippen molar-refractivity contribution in [1.29, 1.82) is 5.26 Å². The lowest BCUT2D eigenvalue weighted by Gasteiger charge is -2.19. The van der Waals surface area contributed by atoms with E-state index in [0.29, 0.717) is 6.54 Å². The van der Waals surface area contributed by atoms with Gasteiger partial charge in [-0.3, -0.25) is 4.79 Å². The van der Waals surface area contributed by atoms with Crippen LogP contribution >= 0.6 is 0 Å². The maximum atomic E-state index is 12.3. The summed E-state index contributed by atoms with van der Waals surface area (Å²) in [5, 5.41) is 12.2. The number of hydrogen-bond donors (Lipinski definition) is 1. The van der Waals surface area contributed by atoms with Gasteiger partial charge in [0.25, 0.3) is 5.91 Å². The zero-order chi connectivity index (χ0) is 20.5. The SMILES string of the molecule is CN(Cc1ccccc1)c1ccc(C=C(C#N)C(=O)NCc2ccccc2)cc1. The molecular weight excluding hydrogens is 358 g/mol. The first-order valence-corrected chi connectivity index (χ1v) is 9.45. The summed E-state index contributed by atoms with van der Waals surface area (Å²) in [5.74, 6) is -0.373. The van der Waals surface area contributed by atoms with Crippen LogP contribution in [0.5, 0.6) is 0 Å². The highest BCUT2D eigenvalue weighted by molar-refractivity contribution is 6.01. The van der Waals surface area contributed by atoms with Crippen molar-refractivity contribution in [2.45, 2.75) is 13.1 Å². The molecule has 0 unspecified atom stereocenters. The monoisotopic (exact) mass is 381 g/mol. The fraction of sp³-hybridized carbons (Fsp3) is 0.120. The van der Waals surface area contributed by atoms with Gasteiger partial charge in [0, 0.05) is 25.8 Å². The molecule has 3 rings (SSSR count). The molecule has 0 saturated carbocycles. The third kappa shape index (κ3) is 5.82. The molecule has 0 aliphatic rings.